The van der Waals surface area contributed by atoms with Crippen molar-refractivity contribution in [3.05, 3.63) is 47.6 Å². The Labute approximate surface area is 124 Å². The SMILES string of the molecule is Cc1cc(C(=O)N2CCC[C@H](Cc3cccnc3)C2)no1. The summed E-state index contributed by atoms with van der Waals surface area (Å²) in [7, 11) is 0. The highest BCUT2D eigenvalue weighted by Gasteiger charge is 2.26. The van der Waals surface area contributed by atoms with Crippen LogP contribution in [0.3, 0.4) is 0 Å². The molecule has 110 valence electrons. The Morgan fingerprint density at radius 3 is 3.14 bits per heavy atom. The monoisotopic (exact) mass is 285 g/mol. The number of nitrogens with zero attached hydrogens (tertiary/aromatic N) is 3. The van der Waals surface area contributed by atoms with E-state index in [1.807, 2.05) is 17.2 Å². The van der Waals surface area contributed by atoms with E-state index in [-0.39, 0.29) is 5.91 Å². The predicted octanol–water partition coefficient (Wildman–Crippen LogP) is 2.47. The smallest absolute Gasteiger partial charge is 0.276 e. The first kappa shape index (κ1) is 13.8. The lowest BCUT2D eigenvalue weighted by molar-refractivity contribution is 0.0663. The first-order valence-corrected chi connectivity index (χ1v) is 7.34. The van der Waals surface area contributed by atoms with Crippen LogP contribution in [0.25, 0.3) is 0 Å². The number of aromatic nitrogens is 2. The van der Waals surface area contributed by atoms with Gasteiger partial charge in [0, 0.05) is 31.5 Å². The van der Waals surface area contributed by atoms with Gasteiger partial charge in [-0.25, -0.2) is 0 Å². The van der Waals surface area contributed by atoms with Crippen molar-refractivity contribution in [3.8, 4) is 0 Å². The largest absolute Gasteiger partial charge is 0.361 e. The first-order valence-electron chi connectivity index (χ1n) is 7.34. The van der Waals surface area contributed by atoms with Gasteiger partial charge >= 0.3 is 0 Å². The fourth-order valence-corrected chi connectivity index (χ4v) is 2.90. The van der Waals surface area contributed by atoms with Crippen molar-refractivity contribution in [3.63, 3.8) is 0 Å². The van der Waals surface area contributed by atoms with Gasteiger partial charge < -0.3 is 9.42 Å². The molecule has 2 aromatic rings. The third-order valence-corrected chi connectivity index (χ3v) is 3.90. The van der Waals surface area contributed by atoms with Gasteiger partial charge in [-0.05, 0) is 43.7 Å². The molecule has 0 spiro atoms. The van der Waals surface area contributed by atoms with Crippen molar-refractivity contribution in [1.82, 2.24) is 15.0 Å². The van der Waals surface area contributed by atoms with Crippen LogP contribution in [0, 0.1) is 12.8 Å². The number of hydrogen-bond donors (Lipinski definition) is 0. The molecule has 1 atom stereocenters. The van der Waals surface area contributed by atoms with E-state index >= 15 is 0 Å². The molecule has 0 aliphatic carbocycles. The lowest BCUT2D eigenvalue weighted by Gasteiger charge is -2.32. The average Bonchev–Trinajstić information content (AvgIpc) is 2.94. The summed E-state index contributed by atoms with van der Waals surface area (Å²) >= 11 is 0. The molecule has 5 heteroatoms. The quantitative estimate of drug-likeness (QED) is 0.869. The number of carbonyl (C=O) groups excluding carboxylic acids is 1. The van der Waals surface area contributed by atoms with Gasteiger partial charge in [0.25, 0.3) is 5.91 Å². The van der Waals surface area contributed by atoms with E-state index in [1.54, 1.807) is 19.2 Å². The number of carbonyl (C=O) groups is 1. The second-order valence-corrected chi connectivity index (χ2v) is 5.65. The number of amides is 1. The molecule has 1 amide bonds. The Morgan fingerprint density at radius 1 is 1.52 bits per heavy atom. The van der Waals surface area contributed by atoms with Gasteiger partial charge in [-0.15, -0.1) is 0 Å². The van der Waals surface area contributed by atoms with E-state index in [2.05, 4.69) is 16.2 Å². The van der Waals surface area contributed by atoms with Gasteiger partial charge in [-0.3, -0.25) is 9.78 Å². The van der Waals surface area contributed by atoms with Crippen molar-refractivity contribution >= 4 is 5.91 Å². The van der Waals surface area contributed by atoms with Crippen molar-refractivity contribution in [2.45, 2.75) is 26.2 Å². The minimum Gasteiger partial charge on any atom is -0.361 e. The number of likely N-dealkylation sites (tertiary alicyclic amines) is 1. The van der Waals surface area contributed by atoms with E-state index in [4.69, 9.17) is 4.52 Å². The summed E-state index contributed by atoms with van der Waals surface area (Å²) in [6.07, 6.45) is 6.84. The fraction of sp³-hybridized carbons (Fsp3) is 0.438. The maximum Gasteiger partial charge on any atom is 0.276 e. The van der Waals surface area contributed by atoms with Gasteiger partial charge in [0.2, 0.25) is 0 Å². The van der Waals surface area contributed by atoms with Gasteiger partial charge in [0.1, 0.15) is 5.76 Å². The Hall–Kier alpha value is -2.17. The van der Waals surface area contributed by atoms with E-state index in [0.29, 0.717) is 17.4 Å². The molecule has 3 rings (SSSR count). The van der Waals surface area contributed by atoms with Crippen molar-refractivity contribution in [2.24, 2.45) is 5.92 Å². The Bertz CT molecular complexity index is 609. The molecule has 21 heavy (non-hydrogen) atoms. The van der Waals surface area contributed by atoms with Crippen LogP contribution in [0.2, 0.25) is 0 Å². The van der Waals surface area contributed by atoms with E-state index in [1.165, 1.54) is 5.56 Å². The maximum absolute atomic E-state index is 12.4. The Kier molecular flexibility index (Phi) is 3.99. The summed E-state index contributed by atoms with van der Waals surface area (Å²) in [5.41, 5.74) is 1.64. The van der Waals surface area contributed by atoms with Crippen LogP contribution in [0.5, 0.6) is 0 Å². The fourth-order valence-electron chi connectivity index (χ4n) is 2.90. The van der Waals surface area contributed by atoms with Gasteiger partial charge in [-0.1, -0.05) is 11.2 Å². The number of aryl methyl sites for hydroxylation is 1. The summed E-state index contributed by atoms with van der Waals surface area (Å²) in [6.45, 7) is 3.37. The van der Waals surface area contributed by atoms with E-state index in [9.17, 15) is 4.79 Å². The molecular formula is C16H19N3O2. The summed E-state index contributed by atoms with van der Waals surface area (Å²) in [5, 5.41) is 3.82. The summed E-state index contributed by atoms with van der Waals surface area (Å²) in [4.78, 5) is 18.4. The molecule has 5 nitrogen and oxygen atoms in total. The third-order valence-electron chi connectivity index (χ3n) is 3.90. The van der Waals surface area contributed by atoms with Crippen LogP contribution in [-0.4, -0.2) is 34.0 Å². The molecule has 0 unspecified atom stereocenters. The lowest BCUT2D eigenvalue weighted by atomic mass is 9.92. The van der Waals surface area contributed by atoms with Gasteiger partial charge in [0.05, 0.1) is 0 Å². The zero-order valence-corrected chi connectivity index (χ0v) is 12.2. The second-order valence-electron chi connectivity index (χ2n) is 5.65. The van der Waals surface area contributed by atoms with Gasteiger partial charge in [-0.2, -0.15) is 0 Å². The molecule has 0 radical (unpaired) electrons. The number of hydrogen-bond acceptors (Lipinski definition) is 4. The molecule has 0 N–H and O–H groups in total. The molecule has 0 bridgehead atoms. The number of rotatable bonds is 3. The highest BCUT2D eigenvalue weighted by molar-refractivity contribution is 5.92. The highest BCUT2D eigenvalue weighted by atomic mass is 16.5. The van der Waals surface area contributed by atoms with Crippen molar-refractivity contribution in [1.29, 1.82) is 0 Å². The van der Waals surface area contributed by atoms with E-state index in [0.717, 1.165) is 32.4 Å². The number of piperidine rings is 1. The van der Waals surface area contributed by atoms with Crippen LogP contribution in [0.15, 0.2) is 35.1 Å². The standard InChI is InChI=1S/C16H19N3O2/c1-12-8-15(18-21-12)16(20)19-7-3-5-14(11-19)9-13-4-2-6-17-10-13/h2,4,6,8,10,14H,3,5,7,9,11H2,1H3/t14-/m1/s1. The van der Waals surface area contributed by atoms with Crippen LogP contribution < -0.4 is 0 Å². The zero-order chi connectivity index (χ0) is 14.7. The minimum atomic E-state index is -0.0252. The molecular weight excluding hydrogens is 266 g/mol. The lowest BCUT2D eigenvalue weighted by Crippen LogP contribution is -2.40. The second kappa shape index (κ2) is 6.08. The number of pyridine rings is 1. The predicted molar refractivity (Wildman–Crippen MR) is 77.8 cm³/mol. The summed E-state index contributed by atoms with van der Waals surface area (Å²) in [5.74, 6) is 1.13. The van der Waals surface area contributed by atoms with Crippen LogP contribution in [0.4, 0.5) is 0 Å². The Morgan fingerprint density at radius 2 is 2.43 bits per heavy atom. The molecule has 1 aliphatic rings. The van der Waals surface area contributed by atoms with Gasteiger partial charge in [0.15, 0.2) is 5.69 Å². The van der Waals surface area contributed by atoms with Crippen molar-refractivity contribution in [2.75, 3.05) is 13.1 Å². The van der Waals surface area contributed by atoms with Crippen LogP contribution in [-0.2, 0) is 6.42 Å². The minimum absolute atomic E-state index is 0.0252. The topological polar surface area (TPSA) is 59.2 Å². The molecule has 0 saturated carbocycles. The molecule has 3 heterocycles. The molecule has 1 aliphatic heterocycles. The summed E-state index contributed by atoms with van der Waals surface area (Å²) in [6, 6.07) is 5.75. The van der Waals surface area contributed by atoms with Crippen molar-refractivity contribution < 1.29 is 9.32 Å². The molecule has 2 aromatic heterocycles. The normalized spacial score (nSPS) is 18.7. The molecule has 1 saturated heterocycles. The maximum atomic E-state index is 12.4. The third kappa shape index (κ3) is 3.29. The first-order chi connectivity index (χ1) is 10.2. The summed E-state index contributed by atoms with van der Waals surface area (Å²) < 4.78 is 4.99. The average molecular weight is 285 g/mol. The Balaban J connectivity index is 1.64. The van der Waals surface area contributed by atoms with Crippen LogP contribution in [0.1, 0.15) is 34.7 Å². The molecule has 0 aromatic carbocycles. The van der Waals surface area contributed by atoms with Crippen LogP contribution >= 0.6 is 0 Å². The highest BCUT2D eigenvalue weighted by Crippen LogP contribution is 2.22. The van der Waals surface area contributed by atoms with E-state index < -0.39 is 0 Å². The zero-order valence-electron chi connectivity index (χ0n) is 12.2. The molecule has 1 fully saturated rings.